The standard InChI is InChI=1S/C20H21N5O3S/c1-12-5-6-15-13(10-12)11-16(29-15)20(27)24-23-17(26)7-8-18-22-19(25-28-18)14-4-2-3-9-21-14/h2-4,9,11-12H,5-8,10H2,1H3,(H,23,26)(H,24,27). The lowest BCUT2D eigenvalue weighted by molar-refractivity contribution is -0.121. The van der Waals surface area contributed by atoms with Crippen LogP contribution in [-0.4, -0.2) is 26.9 Å². The molecule has 9 heteroatoms. The summed E-state index contributed by atoms with van der Waals surface area (Å²) in [4.78, 5) is 34.7. The number of nitrogens with zero attached hydrogens (tertiary/aromatic N) is 3. The van der Waals surface area contributed by atoms with Crippen LogP contribution in [-0.2, 0) is 24.1 Å². The molecule has 4 rings (SSSR count). The predicted octanol–water partition coefficient (Wildman–Crippen LogP) is 2.71. The van der Waals surface area contributed by atoms with E-state index < -0.39 is 0 Å². The van der Waals surface area contributed by atoms with Gasteiger partial charge in [0.15, 0.2) is 0 Å². The minimum atomic E-state index is -0.328. The van der Waals surface area contributed by atoms with Crippen LogP contribution in [0, 0.1) is 5.92 Å². The summed E-state index contributed by atoms with van der Waals surface area (Å²) in [5.41, 5.74) is 6.79. The number of thiophene rings is 1. The van der Waals surface area contributed by atoms with Crippen LogP contribution in [0.5, 0.6) is 0 Å². The van der Waals surface area contributed by atoms with Crippen molar-refractivity contribution in [2.45, 2.75) is 39.0 Å². The fourth-order valence-electron chi connectivity index (χ4n) is 3.24. The van der Waals surface area contributed by atoms with Gasteiger partial charge in [-0.1, -0.05) is 18.1 Å². The highest BCUT2D eigenvalue weighted by atomic mass is 32.1. The minimum Gasteiger partial charge on any atom is -0.339 e. The second-order valence-corrected chi connectivity index (χ2v) is 8.27. The molecule has 1 aliphatic rings. The molecule has 0 aromatic carbocycles. The van der Waals surface area contributed by atoms with Crippen LogP contribution in [0.25, 0.3) is 11.5 Å². The number of hydrogen-bond acceptors (Lipinski definition) is 7. The topological polar surface area (TPSA) is 110 Å². The molecule has 2 amide bonds. The van der Waals surface area contributed by atoms with Crippen molar-refractivity contribution in [3.8, 4) is 11.5 Å². The smallest absolute Gasteiger partial charge is 0.279 e. The lowest BCUT2D eigenvalue weighted by Crippen LogP contribution is -2.41. The number of rotatable bonds is 5. The summed E-state index contributed by atoms with van der Waals surface area (Å²) in [6, 6.07) is 7.35. The van der Waals surface area contributed by atoms with Crippen molar-refractivity contribution in [3.63, 3.8) is 0 Å². The van der Waals surface area contributed by atoms with Crippen LogP contribution in [0.15, 0.2) is 35.0 Å². The van der Waals surface area contributed by atoms with E-state index in [-0.39, 0.29) is 24.7 Å². The molecular weight excluding hydrogens is 390 g/mol. The van der Waals surface area contributed by atoms with Gasteiger partial charge in [0.25, 0.3) is 5.91 Å². The SMILES string of the molecule is CC1CCc2sc(C(=O)NNC(=O)CCc3nc(-c4ccccn4)no3)cc2C1. The Morgan fingerprint density at radius 1 is 1.31 bits per heavy atom. The molecule has 0 saturated heterocycles. The molecule has 3 aromatic rings. The van der Waals surface area contributed by atoms with E-state index in [0.717, 1.165) is 19.3 Å². The van der Waals surface area contributed by atoms with Gasteiger partial charge >= 0.3 is 0 Å². The number of aryl methyl sites for hydroxylation is 2. The quantitative estimate of drug-likeness (QED) is 0.625. The van der Waals surface area contributed by atoms with Crippen LogP contribution < -0.4 is 10.9 Å². The molecule has 3 aromatic heterocycles. The second-order valence-electron chi connectivity index (χ2n) is 7.14. The van der Waals surface area contributed by atoms with Gasteiger partial charge in [-0.05, 0) is 48.9 Å². The monoisotopic (exact) mass is 411 g/mol. The molecule has 0 aliphatic heterocycles. The molecule has 1 aliphatic carbocycles. The first-order valence-corrected chi connectivity index (χ1v) is 10.3. The average Bonchev–Trinajstić information content (AvgIpc) is 3.38. The van der Waals surface area contributed by atoms with Gasteiger partial charge in [-0.25, -0.2) is 0 Å². The van der Waals surface area contributed by atoms with Crippen molar-refractivity contribution in [2.24, 2.45) is 5.92 Å². The Kier molecular flexibility index (Phi) is 5.66. The van der Waals surface area contributed by atoms with Crippen LogP contribution in [0.3, 0.4) is 0 Å². The van der Waals surface area contributed by atoms with Gasteiger partial charge in [-0.2, -0.15) is 4.98 Å². The summed E-state index contributed by atoms with van der Waals surface area (Å²) in [7, 11) is 0. The first-order chi connectivity index (χ1) is 14.1. The molecular formula is C20H21N5O3S. The van der Waals surface area contributed by atoms with E-state index in [9.17, 15) is 9.59 Å². The Morgan fingerprint density at radius 2 is 2.21 bits per heavy atom. The third-order valence-corrected chi connectivity index (χ3v) is 6.03. The maximum Gasteiger partial charge on any atom is 0.279 e. The van der Waals surface area contributed by atoms with Crippen molar-refractivity contribution in [1.82, 2.24) is 26.0 Å². The summed E-state index contributed by atoms with van der Waals surface area (Å²) in [6.07, 6.45) is 5.21. The van der Waals surface area contributed by atoms with Gasteiger partial charge in [0.2, 0.25) is 17.6 Å². The van der Waals surface area contributed by atoms with E-state index in [1.54, 1.807) is 18.3 Å². The second kappa shape index (κ2) is 8.52. The number of amides is 2. The molecule has 1 unspecified atom stereocenters. The minimum absolute atomic E-state index is 0.114. The van der Waals surface area contributed by atoms with Crippen molar-refractivity contribution in [3.05, 3.63) is 51.7 Å². The van der Waals surface area contributed by atoms with Crippen LogP contribution >= 0.6 is 11.3 Å². The van der Waals surface area contributed by atoms with Gasteiger partial charge in [-0.15, -0.1) is 11.3 Å². The first-order valence-electron chi connectivity index (χ1n) is 9.53. The molecule has 0 saturated carbocycles. The molecule has 0 bridgehead atoms. The Bertz CT molecular complexity index is 1010. The van der Waals surface area contributed by atoms with E-state index in [2.05, 4.69) is 32.9 Å². The number of hydrogen-bond donors (Lipinski definition) is 2. The zero-order chi connectivity index (χ0) is 20.2. The molecule has 150 valence electrons. The Labute approximate surface area is 171 Å². The molecule has 2 N–H and O–H groups in total. The van der Waals surface area contributed by atoms with Crippen LogP contribution in [0.1, 0.15) is 45.8 Å². The highest BCUT2D eigenvalue weighted by Crippen LogP contribution is 2.32. The fourth-order valence-corrected chi connectivity index (χ4v) is 4.35. The van der Waals surface area contributed by atoms with E-state index in [1.807, 2.05) is 12.1 Å². The Morgan fingerprint density at radius 3 is 3.03 bits per heavy atom. The number of aromatic nitrogens is 3. The van der Waals surface area contributed by atoms with Gasteiger partial charge < -0.3 is 4.52 Å². The zero-order valence-corrected chi connectivity index (χ0v) is 16.8. The summed E-state index contributed by atoms with van der Waals surface area (Å²) in [5.74, 6) is 0.750. The van der Waals surface area contributed by atoms with Gasteiger partial charge in [-0.3, -0.25) is 25.4 Å². The number of pyridine rings is 1. The highest BCUT2D eigenvalue weighted by Gasteiger charge is 2.21. The molecule has 29 heavy (non-hydrogen) atoms. The number of carbonyl (C=O) groups is 2. The summed E-state index contributed by atoms with van der Waals surface area (Å²) in [5, 5.41) is 3.87. The molecule has 3 heterocycles. The lowest BCUT2D eigenvalue weighted by atomic mass is 9.90. The van der Waals surface area contributed by atoms with Crippen molar-refractivity contribution in [2.75, 3.05) is 0 Å². The largest absolute Gasteiger partial charge is 0.339 e. The summed E-state index contributed by atoms with van der Waals surface area (Å²) >= 11 is 1.51. The van der Waals surface area contributed by atoms with Crippen molar-refractivity contribution < 1.29 is 14.1 Å². The van der Waals surface area contributed by atoms with Crippen molar-refractivity contribution in [1.29, 1.82) is 0 Å². The van der Waals surface area contributed by atoms with Crippen LogP contribution in [0.2, 0.25) is 0 Å². The van der Waals surface area contributed by atoms with Crippen LogP contribution in [0.4, 0.5) is 0 Å². The molecule has 0 radical (unpaired) electrons. The lowest BCUT2D eigenvalue weighted by Gasteiger charge is -2.16. The van der Waals surface area contributed by atoms with Gasteiger partial charge in [0, 0.05) is 23.9 Å². The molecule has 0 spiro atoms. The van der Waals surface area contributed by atoms with Gasteiger partial charge in [0.1, 0.15) is 5.69 Å². The van der Waals surface area contributed by atoms with E-state index in [1.165, 1.54) is 21.8 Å². The highest BCUT2D eigenvalue weighted by molar-refractivity contribution is 7.14. The number of hydrazine groups is 1. The third kappa shape index (κ3) is 4.68. The maximum atomic E-state index is 12.3. The van der Waals surface area contributed by atoms with E-state index >= 15 is 0 Å². The normalized spacial score (nSPS) is 15.6. The van der Waals surface area contributed by atoms with E-state index in [4.69, 9.17) is 4.52 Å². The predicted molar refractivity (Wildman–Crippen MR) is 107 cm³/mol. The Hall–Kier alpha value is -3.07. The summed E-state index contributed by atoms with van der Waals surface area (Å²) in [6.45, 7) is 2.23. The number of fused-ring (bicyclic) bond motifs is 1. The average molecular weight is 411 g/mol. The van der Waals surface area contributed by atoms with Gasteiger partial charge in [0.05, 0.1) is 4.88 Å². The Balaban J connectivity index is 1.25. The molecule has 1 atom stereocenters. The molecule has 8 nitrogen and oxygen atoms in total. The number of nitrogens with one attached hydrogen (secondary N) is 2. The fraction of sp³-hybridized carbons (Fsp3) is 0.350. The number of carbonyl (C=O) groups excluding carboxylic acids is 2. The third-order valence-electron chi connectivity index (χ3n) is 4.80. The molecule has 0 fully saturated rings. The first kappa shape index (κ1) is 19.3. The zero-order valence-electron chi connectivity index (χ0n) is 16.0. The van der Waals surface area contributed by atoms with Crippen molar-refractivity contribution >= 4 is 23.2 Å². The van der Waals surface area contributed by atoms with E-state index in [0.29, 0.717) is 28.2 Å². The maximum absolute atomic E-state index is 12.3. The summed E-state index contributed by atoms with van der Waals surface area (Å²) < 4.78 is 5.15.